The Balaban J connectivity index is 1.95. The molecule has 116 valence electrons. The zero-order valence-corrected chi connectivity index (χ0v) is 12.3. The van der Waals surface area contributed by atoms with Crippen molar-refractivity contribution in [3.63, 3.8) is 0 Å². The molecule has 1 amide bonds. The first-order valence-electron chi connectivity index (χ1n) is 6.99. The maximum atomic E-state index is 11.7. The third-order valence-electron chi connectivity index (χ3n) is 3.75. The average Bonchev–Trinajstić information content (AvgIpc) is 2.94. The Morgan fingerprint density at radius 1 is 1.33 bits per heavy atom. The van der Waals surface area contributed by atoms with E-state index in [2.05, 4.69) is 22.2 Å². The summed E-state index contributed by atoms with van der Waals surface area (Å²) >= 11 is 0. The van der Waals surface area contributed by atoms with Crippen molar-refractivity contribution in [3.05, 3.63) is 23.7 Å². The summed E-state index contributed by atoms with van der Waals surface area (Å²) in [5.41, 5.74) is 0. The number of carboxylic acids is 1. The van der Waals surface area contributed by atoms with Crippen molar-refractivity contribution in [2.24, 2.45) is 0 Å². The number of rotatable bonds is 5. The van der Waals surface area contributed by atoms with E-state index in [-0.39, 0.29) is 11.8 Å². The second-order valence-electron chi connectivity index (χ2n) is 5.29. The predicted molar refractivity (Wildman–Crippen MR) is 76.2 cm³/mol. The molecule has 0 saturated carbocycles. The van der Waals surface area contributed by atoms with E-state index in [0.29, 0.717) is 0 Å². The number of furan rings is 1. The van der Waals surface area contributed by atoms with Crippen LogP contribution in [0.5, 0.6) is 0 Å². The summed E-state index contributed by atoms with van der Waals surface area (Å²) in [4.78, 5) is 26.7. The molecule has 0 radical (unpaired) electrons. The van der Waals surface area contributed by atoms with Crippen LogP contribution in [-0.2, 0) is 4.79 Å². The summed E-state index contributed by atoms with van der Waals surface area (Å²) in [5, 5.41) is 10.8. The van der Waals surface area contributed by atoms with Crippen LogP contribution < -0.4 is 5.32 Å². The van der Waals surface area contributed by atoms with E-state index < -0.39 is 18.4 Å². The standard InChI is InChI=1S/C14H21N3O4/c1-10(17-7-5-16(2)6-8-17)11-3-4-12(21-11)14(20)15-9-13(18)19/h3-4,10H,5-9H2,1-2H3,(H,15,20)(H,18,19). The Hall–Kier alpha value is -1.86. The van der Waals surface area contributed by atoms with Crippen LogP contribution in [0.1, 0.15) is 29.3 Å². The lowest BCUT2D eigenvalue weighted by Gasteiger charge is -2.35. The van der Waals surface area contributed by atoms with Gasteiger partial charge in [-0.1, -0.05) is 0 Å². The van der Waals surface area contributed by atoms with Gasteiger partial charge in [0.25, 0.3) is 5.91 Å². The lowest BCUT2D eigenvalue weighted by molar-refractivity contribution is -0.135. The van der Waals surface area contributed by atoms with Gasteiger partial charge in [-0.25, -0.2) is 0 Å². The van der Waals surface area contributed by atoms with Crippen molar-refractivity contribution in [2.45, 2.75) is 13.0 Å². The molecule has 0 aromatic carbocycles. The predicted octanol–water partition coefficient (Wildman–Crippen LogP) is 0.402. The molecule has 2 N–H and O–H groups in total. The summed E-state index contributed by atoms with van der Waals surface area (Å²) in [6, 6.07) is 3.46. The van der Waals surface area contributed by atoms with Crippen molar-refractivity contribution < 1.29 is 19.1 Å². The highest BCUT2D eigenvalue weighted by molar-refractivity contribution is 5.93. The number of aliphatic carboxylic acids is 1. The van der Waals surface area contributed by atoms with Gasteiger partial charge in [-0.3, -0.25) is 14.5 Å². The van der Waals surface area contributed by atoms with Gasteiger partial charge in [-0.15, -0.1) is 0 Å². The number of hydrogen-bond donors (Lipinski definition) is 2. The fraction of sp³-hybridized carbons (Fsp3) is 0.571. The number of hydrogen-bond acceptors (Lipinski definition) is 5. The Morgan fingerprint density at radius 3 is 2.62 bits per heavy atom. The van der Waals surface area contributed by atoms with Crippen molar-refractivity contribution in [2.75, 3.05) is 39.8 Å². The van der Waals surface area contributed by atoms with Gasteiger partial charge in [0, 0.05) is 26.2 Å². The molecule has 1 aliphatic heterocycles. The molecule has 21 heavy (non-hydrogen) atoms. The Bertz CT molecular complexity index is 506. The minimum atomic E-state index is -1.08. The molecule has 0 aliphatic carbocycles. The molecule has 7 heteroatoms. The quantitative estimate of drug-likeness (QED) is 0.818. The highest BCUT2D eigenvalue weighted by atomic mass is 16.4. The van der Waals surface area contributed by atoms with Crippen LogP contribution in [0.15, 0.2) is 16.5 Å². The molecular formula is C14H21N3O4. The monoisotopic (exact) mass is 295 g/mol. The van der Waals surface area contributed by atoms with Gasteiger partial charge in [-0.2, -0.15) is 0 Å². The zero-order chi connectivity index (χ0) is 15.4. The average molecular weight is 295 g/mol. The van der Waals surface area contributed by atoms with E-state index in [1.807, 2.05) is 6.92 Å². The van der Waals surface area contributed by atoms with Gasteiger partial charge in [0.05, 0.1) is 6.04 Å². The number of carbonyl (C=O) groups is 2. The van der Waals surface area contributed by atoms with E-state index in [9.17, 15) is 9.59 Å². The second-order valence-corrected chi connectivity index (χ2v) is 5.29. The zero-order valence-electron chi connectivity index (χ0n) is 12.3. The number of carbonyl (C=O) groups excluding carboxylic acids is 1. The first-order valence-corrected chi connectivity index (χ1v) is 6.99. The third-order valence-corrected chi connectivity index (χ3v) is 3.75. The molecule has 1 atom stereocenters. The smallest absolute Gasteiger partial charge is 0.322 e. The normalized spacial score (nSPS) is 18.4. The van der Waals surface area contributed by atoms with Gasteiger partial charge in [0.1, 0.15) is 12.3 Å². The number of carboxylic acid groups (broad SMARTS) is 1. The van der Waals surface area contributed by atoms with Crippen LogP contribution in [0.25, 0.3) is 0 Å². The molecular weight excluding hydrogens is 274 g/mol. The number of nitrogens with one attached hydrogen (secondary N) is 1. The summed E-state index contributed by atoms with van der Waals surface area (Å²) < 4.78 is 5.56. The minimum absolute atomic E-state index is 0.0970. The molecule has 0 bridgehead atoms. The topological polar surface area (TPSA) is 86.0 Å². The van der Waals surface area contributed by atoms with E-state index in [1.165, 1.54) is 0 Å². The summed E-state index contributed by atoms with van der Waals surface area (Å²) in [7, 11) is 2.10. The highest BCUT2D eigenvalue weighted by Crippen LogP contribution is 2.23. The maximum Gasteiger partial charge on any atom is 0.322 e. The van der Waals surface area contributed by atoms with Gasteiger partial charge in [0.2, 0.25) is 0 Å². The van der Waals surface area contributed by atoms with Gasteiger partial charge in [0.15, 0.2) is 5.76 Å². The van der Waals surface area contributed by atoms with Crippen LogP contribution in [-0.4, -0.2) is 66.6 Å². The van der Waals surface area contributed by atoms with Crippen LogP contribution in [0.3, 0.4) is 0 Å². The molecule has 2 heterocycles. The number of amides is 1. The Morgan fingerprint density at radius 2 is 2.00 bits per heavy atom. The number of piperazine rings is 1. The van der Waals surface area contributed by atoms with Crippen molar-refractivity contribution in [1.82, 2.24) is 15.1 Å². The van der Waals surface area contributed by atoms with E-state index in [4.69, 9.17) is 9.52 Å². The van der Waals surface area contributed by atoms with Gasteiger partial charge in [-0.05, 0) is 26.1 Å². The molecule has 0 spiro atoms. The molecule has 1 saturated heterocycles. The lowest BCUT2D eigenvalue weighted by Crippen LogP contribution is -2.45. The first kappa shape index (κ1) is 15.5. The van der Waals surface area contributed by atoms with Gasteiger partial charge < -0.3 is 19.7 Å². The summed E-state index contributed by atoms with van der Waals surface area (Å²) in [5.74, 6) is -0.720. The van der Waals surface area contributed by atoms with Crippen molar-refractivity contribution in [1.29, 1.82) is 0 Å². The maximum absolute atomic E-state index is 11.7. The lowest BCUT2D eigenvalue weighted by atomic mass is 10.2. The van der Waals surface area contributed by atoms with Crippen molar-refractivity contribution >= 4 is 11.9 Å². The van der Waals surface area contributed by atoms with Crippen LogP contribution in [0, 0.1) is 0 Å². The molecule has 7 nitrogen and oxygen atoms in total. The summed E-state index contributed by atoms with van der Waals surface area (Å²) in [6.45, 7) is 5.57. The van der Waals surface area contributed by atoms with E-state index in [0.717, 1.165) is 31.9 Å². The largest absolute Gasteiger partial charge is 0.480 e. The van der Waals surface area contributed by atoms with Crippen LogP contribution in [0.4, 0.5) is 0 Å². The number of likely N-dealkylation sites (N-methyl/N-ethyl adjacent to an activating group) is 1. The fourth-order valence-corrected chi connectivity index (χ4v) is 2.33. The van der Waals surface area contributed by atoms with E-state index >= 15 is 0 Å². The first-order chi connectivity index (χ1) is 9.97. The van der Waals surface area contributed by atoms with Crippen molar-refractivity contribution in [3.8, 4) is 0 Å². The molecule has 1 aromatic heterocycles. The molecule has 1 unspecified atom stereocenters. The third kappa shape index (κ3) is 4.05. The second kappa shape index (κ2) is 6.73. The van der Waals surface area contributed by atoms with Crippen LogP contribution >= 0.6 is 0 Å². The Kier molecular flexibility index (Phi) is 4.98. The minimum Gasteiger partial charge on any atom is -0.480 e. The molecule has 1 fully saturated rings. The molecule has 1 aliphatic rings. The fourth-order valence-electron chi connectivity index (χ4n) is 2.33. The number of nitrogens with zero attached hydrogens (tertiary/aromatic N) is 2. The van der Waals surface area contributed by atoms with Crippen LogP contribution in [0.2, 0.25) is 0 Å². The molecule has 2 rings (SSSR count). The highest BCUT2D eigenvalue weighted by Gasteiger charge is 2.23. The van der Waals surface area contributed by atoms with Gasteiger partial charge >= 0.3 is 5.97 Å². The SMILES string of the molecule is CC(c1ccc(C(=O)NCC(=O)O)o1)N1CCN(C)CC1. The molecule has 1 aromatic rings. The van der Waals surface area contributed by atoms with E-state index in [1.54, 1.807) is 12.1 Å². The summed E-state index contributed by atoms with van der Waals surface area (Å²) in [6.07, 6.45) is 0. The Labute approximate surface area is 123 Å².